The molecule has 0 fully saturated rings. The van der Waals surface area contributed by atoms with Gasteiger partial charge >= 0.3 is 5.97 Å². The third-order valence-electron chi connectivity index (χ3n) is 3.68. The van der Waals surface area contributed by atoms with Gasteiger partial charge in [-0.1, -0.05) is 19.8 Å². The summed E-state index contributed by atoms with van der Waals surface area (Å²) in [5.74, 6) is 0.0926. The molecule has 1 aromatic heterocycles. The van der Waals surface area contributed by atoms with Crippen LogP contribution in [-0.2, 0) is 4.74 Å². The highest BCUT2D eigenvalue weighted by Crippen LogP contribution is 2.13. The number of benzene rings is 1. The Hall–Kier alpha value is -2.89. The van der Waals surface area contributed by atoms with E-state index in [1.807, 2.05) is 0 Å². The highest BCUT2D eigenvalue weighted by molar-refractivity contribution is 6.04. The fourth-order valence-electron chi connectivity index (χ4n) is 2.23. The number of hydrogen-bond donors (Lipinski definition) is 2. The first-order valence-electron chi connectivity index (χ1n) is 8.33. The predicted molar refractivity (Wildman–Crippen MR) is 98.0 cm³/mol. The van der Waals surface area contributed by atoms with Crippen molar-refractivity contribution in [3.8, 4) is 0 Å². The number of nitrogens with zero attached hydrogens (tertiary/aromatic N) is 1. The van der Waals surface area contributed by atoms with Crippen LogP contribution in [0.2, 0.25) is 0 Å². The number of unbranched alkanes of at least 4 members (excludes halogenated alkanes) is 2. The van der Waals surface area contributed by atoms with E-state index in [1.54, 1.807) is 42.6 Å². The van der Waals surface area contributed by atoms with Crippen LogP contribution < -0.4 is 10.6 Å². The van der Waals surface area contributed by atoms with Crippen molar-refractivity contribution in [2.24, 2.45) is 0 Å². The molecule has 2 rings (SSSR count). The molecule has 0 atom stereocenters. The minimum Gasteiger partial charge on any atom is -0.465 e. The lowest BCUT2D eigenvalue weighted by Gasteiger charge is -2.08. The van der Waals surface area contributed by atoms with Gasteiger partial charge in [-0.3, -0.25) is 4.79 Å². The molecule has 2 aromatic rings. The fraction of sp³-hybridized carbons (Fsp3) is 0.316. The zero-order valence-corrected chi connectivity index (χ0v) is 14.5. The van der Waals surface area contributed by atoms with Gasteiger partial charge in [0.1, 0.15) is 5.82 Å². The molecule has 0 radical (unpaired) electrons. The minimum absolute atomic E-state index is 0.254. The molecule has 0 spiro atoms. The monoisotopic (exact) mass is 341 g/mol. The number of pyridine rings is 1. The zero-order valence-electron chi connectivity index (χ0n) is 14.5. The van der Waals surface area contributed by atoms with Gasteiger partial charge in [0.25, 0.3) is 5.91 Å². The van der Waals surface area contributed by atoms with Gasteiger partial charge in [0.15, 0.2) is 0 Å². The molecule has 1 heterocycles. The number of aromatic nitrogens is 1. The van der Waals surface area contributed by atoms with Crippen molar-refractivity contribution < 1.29 is 14.3 Å². The molecule has 6 nitrogen and oxygen atoms in total. The number of nitrogens with one attached hydrogen (secondary N) is 2. The van der Waals surface area contributed by atoms with E-state index >= 15 is 0 Å². The van der Waals surface area contributed by atoms with E-state index in [9.17, 15) is 9.59 Å². The van der Waals surface area contributed by atoms with Crippen molar-refractivity contribution in [1.29, 1.82) is 0 Å². The second-order valence-corrected chi connectivity index (χ2v) is 5.59. The number of carbonyl (C=O) groups excluding carboxylic acids is 2. The van der Waals surface area contributed by atoms with E-state index in [1.165, 1.54) is 20.0 Å². The standard InChI is InChI=1S/C19H23N3O3/c1-3-4-5-12-20-17-11-8-15(13-21-17)18(23)22-16-9-6-14(7-10-16)19(24)25-2/h6-11,13H,3-5,12H2,1-2H3,(H,20,21)(H,22,23). The van der Waals surface area contributed by atoms with Crippen LogP contribution in [0.25, 0.3) is 0 Å². The summed E-state index contributed by atoms with van der Waals surface area (Å²) in [6, 6.07) is 10.0. The Kier molecular flexibility index (Phi) is 6.95. The molecule has 0 saturated carbocycles. The number of hydrogen-bond acceptors (Lipinski definition) is 5. The van der Waals surface area contributed by atoms with Gasteiger partial charge in [0.2, 0.25) is 0 Å². The van der Waals surface area contributed by atoms with Gasteiger partial charge in [-0.25, -0.2) is 9.78 Å². The van der Waals surface area contributed by atoms with Crippen LogP contribution in [0, 0.1) is 0 Å². The molecule has 0 aliphatic heterocycles. The second-order valence-electron chi connectivity index (χ2n) is 5.59. The number of rotatable bonds is 8. The van der Waals surface area contributed by atoms with Crippen LogP contribution >= 0.6 is 0 Å². The molecule has 132 valence electrons. The number of anilines is 2. The summed E-state index contributed by atoms with van der Waals surface area (Å²) in [5, 5.41) is 6.00. The zero-order chi connectivity index (χ0) is 18.1. The largest absolute Gasteiger partial charge is 0.465 e. The third-order valence-corrected chi connectivity index (χ3v) is 3.68. The fourth-order valence-corrected chi connectivity index (χ4v) is 2.23. The van der Waals surface area contributed by atoms with Gasteiger partial charge < -0.3 is 15.4 Å². The molecule has 0 bridgehead atoms. The SMILES string of the molecule is CCCCCNc1ccc(C(=O)Nc2ccc(C(=O)OC)cc2)cn1. The molecular formula is C19H23N3O3. The summed E-state index contributed by atoms with van der Waals surface area (Å²) in [4.78, 5) is 27.9. The summed E-state index contributed by atoms with van der Waals surface area (Å²) in [5.41, 5.74) is 1.50. The normalized spacial score (nSPS) is 10.2. The second kappa shape index (κ2) is 9.42. The summed E-state index contributed by atoms with van der Waals surface area (Å²) < 4.78 is 4.64. The maximum absolute atomic E-state index is 12.2. The topological polar surface area (TPSA) is 80.3 Å². The minimum atomic E-state index is -0.413. The third kappa shape index (κ3) is 5.60. The first kappa shape index (κ1) is 18.4. The van der Waals surface area contributed by atoms with Gasteiger partial charge in [0.05, 0.1) is 18.2 Å². The van der Waals surface area contributed by atoms with Crippen molar-refractivity contribution in [2.45, 2.75) is 26.2 Å². The molecule has 1 amide bonds. The highest BCUT2D eigenvalue weighted by atomic mass is 16.5. The summed E-state index contributed by atoms with van der Waals surface area (Å²) in [7, 11) is 1.33. The van der Waals surface area contributed by atoms with Crippen LogP contribution in [-0.4, -0.2) is 30.5 Å². The molecule has 2 N–H and O–H groups in total. The van der Waals surface area contributed by atoms with Crippen LogP contribution in [0.15, 0.2) is 42.6 Å². The molecule has 0 saturated heterocycles. The lowest BCUT2D eigenvalue weighted by molar-refractivity contribution is 0.0600. The quantitative estimate of drug-likeness (QED) is 0.565. The van der Waals surface area contributed by atoms with Crippen molar-refractivity contribution in [2.75, 3.05) is 24.3 Å². The molecule has 25 heavy (non-hydrogen) atoms. The Morgan fingerprint density at radius 2 is 1.76 bits per heavy atom. The van der Waals surface area contributed by atoms with E-state index < -0.39 is 5.97 Å². The van der Waals surface area contributed by atoms with E-state index in [4.69, 9.17) is 0 Å². The molecule has 0 aliphatic rings. The maximum atomic E-state index is 12.2. The smallest absolute Gasteiger partial charge is 0.337 e. The average Bonchev–Trinajstić information content (AvgIpc) is 2.65. The number of methoxy groups -OCH3 is 1. The van der Waals surface area contributed by atoms with E-state index in [0.29, 0.717) is 16.8 Å². The molecule has 0 aliphatic carbocycles. The number of ether oxygens (including phenoxy) is 1. The lowest BCUT2D eigenvalue weighted by Crippen LogP contribution is -2.13. The van der Waals surface area contributed by atoms with Crippen LogP contribution in [0.3, 0.4) is 0 Å². The Morgan fingerprint density at radius 1 is 1.04 bits per heavy atom. The Balaban J connectivity index is 1.91. The van der Waals surface area contributed by atoms with Gasteiger partial charge in [-0.2, -0.15) is 0 Å². The van der Waals surface area contributed by atoms with Crippen molar-refractivity contribution >= 4 is 23.4 Å². The van der Waals surface area contributed by atoms with E-state index in [0.717, 1.165) is 18.8 Å². The van der Waals surface area contributed by atoms with Gasteiger partial charge in [-0.15, -0.1) is 0 Å². The first-order valence-corrected chi connectivity index (χ1v) is 8.33. The molecule has 6 heteroatoms. The Morgan fingerprint density at radius 3 is 2.36 bits per heavy atom. The van der Waals surface area contributed by atoms with Crippen molar-refractivity contribution in [3.05, 3.63) is 53.7 Å². The number of amides is 1. The van der Waals surface area contributed by atoms with Crippen LogP contribution in [0.5, 0.6) is 0 Å². The summed E-state index contributed by atoms with van der Waals surface area (Å²) >= 11 is 0. The molecular weight excluding hydrogens is 318 g/mol. The molecule has 0 unspecified atom stereocenters. The van der Waals surface area contributed by atoms with Crippen molar-refractivity contribution in [3.63, 3.8) is 0 Å². The summed E-state index contributed by atoms with van der Waals surface area (Å²) in [6.07, 6.45) is 5.00. The first-order chi connectivity index (χ1) is 12.1. The summed E-state index contributed by atoms with van der Waals surface area (Å²) in [6.45, 7) is 3.04. The maximum Gasteiger partial charge on any atom is 0.337 e. The van der Waals surface area contributed by atoms with E-state index in [-0.39, 0.29) is 5.91 Å². The van der Waals surface area contributed by atoms with Crippen molar-refractivity contribution in [1.82, 2.24) is 4.98 Å². The molecule has 1 aromatic carbocycles. The van der Waals surface area contributed by atoms with Crippen LogP contribution in [0.4, 0.5) is 11.5 Å². The lowest BCUT2D eigenvalue weighted by atomic mass is 10.2. The average molecular weight is 341 g/mol. The Bertz CT molecular complexity index is 697. The number of esters is 1. The van der Waals surface area contributed by atoms with Crippen LogP contribution in [0.1, 0.15) is 46.9 Å². The van der Waals surface area contributed by atoms with Gasteiger partial charge in [-0.05, 0) is 42.8 Å². The predicted octanol–water partition coefficient (Wildman–Crippen LogP) is 3.72. The highest BCUT2D eigenvalue weighted by Gasteiger charge is 2.08. The van der Waals surface area contributed by atoms with Gasteiger partial charge in [0, 0.05) is 18.4 Å². The Labute approximate surface area is 147 Å². The number of carbonyl (C=O) groups is 2. The van der Waals surface area contributed by atoms with E-state index in [2.05, 4.69) is 27.3 Å².